The zero-order valence-corrected chi connectivity index (χ0v) is 22.7. The Kier molecular flexibility index (Phi) is 8.80. The number of carbonyl (C=O) groups is 3. The molecule has 2 aromatic carbocycles. The van der Waals surface area contributed by atoms with Crippen LogP contribution in [0.5, 0.6) is 0 Å². The van der Waals surface area contributed by atoms with Crippen molar-refractivity contribution < 1.29 is 23.9 Å². The van der Waals surface area contributed by atoms with E-state index in [9.17, 15) is 14.4 Å². The quantitative estimate of drug-likeness (QED) is 0.323. The lowest BCUT2D eigenvalue weighted by Gasteiger charge is -2.23. The van der Waals surface area contributed by atoms with Crippen LogP contribution >= 0.6 is 11.8 Å². The summed E-state index contributed by atoms with van der Waals surface area (Å²) >= 11 is 1.60. The molecule has 2 heterocycles. The molecule has 1 aliphatic heterocycles. The maximum atomic E-state index is 13.6. The average Bonchev–Trinajstić information content (AvgIpc) is 3.57. The number of amides is 1. The topological polar surface area (TPSA) is 116 Å². The summed E-state index contributed by atoms with van der Waals surface area (Å²) in [7, 11) is 2.43. The van der Waals surface area contributed by atoms with E-state index in [2.05, 4.69) is 51.7 Å². The molecule has 10 nitrogen and oxygen atoms in total. The van der Waals surface area contributed by atoms with Crippen LogP contribution in [-0.2, 0) is 27.2 Å². The second-order valence-electron chi connectivity index (χ2n) is 8.94. The summed E-state index contributed by atoms with van der Waals surface area (Å²) in [6.07, 6.45) is 3.28. The number of rotatable bonds is 9. The standard InChI is InChI=1S/C27H31N5O5S/c1-5-17-9-11-18(12-10-17)15-31-16-20(32-24(27(35)37-3)23(29-30-32)26(34)36-2)14-22(31)25(33)28-19-7-6-8-21(13-19)38-4/h6-13,20,22H,5,14-16H2,1-4H3,(H,28,33)/t20-,22-/m0/s1. The highest BCUT2D eigenvalue weighted by molar-refractivity contribution is 7.98. The Morgan fingerprint density at radius 3 is 2.42 bits per heavy atom. The lowest BCUT2D eigenvalue weighted by atomic mass is 10.1. The second kappa shape index (κ2) is 12.2. The van der Waals surface area contributed by atoms with E-state index < -0.39 is 24.0 Å². The smallest absolute Gasteiger partial charge is 0.361 e. The molecule has 0 radical (unpaired) electrons. The van der Waals surface area contributed by atoms with E-state index in [0.717, 1.165) is 16.9 Å². The normalized spacial score (nSPS) is 17.3. The minimum absolute atomic E-state index is 0.0923. The van der Waals surface area contributed by atoms with Gasteiger partial charge in [0.2, 0.25) is 11.6 Å². The van der Waals surface area contributed by atoms with Crippen molar-refractivity contribution in [3.63, 3.8) is 0 Å². The van der Waals surface area contributed by atoms with Gasteiger partial charge in [0.05, 0.1) is 26.3 Å². The van der Waals surface area contributed by atoms with Gasteiger partial charge in [-0.05, 0) is 48.4 Å². The molecule has 0 bridgehead atoms. The number of anilines is 1. The van der Waals surface area contributed by atoms with Gasteiger partial charge in [-0.3, -0.25) is 9.69 Å². The molecule has 0 spiro atoms. The lowest BCUT2D eigenvalue weighted by Crippen LogP contribution is -2.39. The van der Waals surface area contributed by atoms with E-state index >= 15 is 0 Å². The molecule has 38 heavy (non-hydrogen) atoms. The number of hydrogen-bond acceptors (Lipinski definition) is 9. The highest BCUT2D eigenvalue weighted by Gasteiger charge is 2.41. The molecule has 1 N–H and O–H groups in total. The van der Waals surface area contributed by atoms with E-state index in [-0.39, 0.29) is 17.3 Å². The number of benzene rings is 2. The fraction of sp³-hybridized carbons (Fsp3) is 0.370. The van der Waals surface area contributed by atoms with Crippen molar-refractivity contribution in [1.82, 2.24) is 19.9 Å². The van der Waals surface area contributed by atoms with Gasteiger partial charge in [0, 0.05) is 23.7 Å². The van der Waals surface area contributed by atoms with Gasteiger partial charge in [-0.15, -0.1) is 16.9 Å². The van der Waals surface area contributed by atoms with Gasteiger partial charge >= 0.3 is 11.9 Å². The highest BCUT2D eigenvalue weighted by atomic mass is 32.2. The first-order chi connectivity index (χ1) is 18.4. The molecule has 11 heteroatoms. The fourth-order valence-corrected chi connectivity index (χ4v) is 5.07. The first-order valence-corrected chi connectivity index (χ1v) is 13.5. The third kappa shape index (κ3) is 5.89. The predicted octanol–water partition coefficient (Wildman–Crippen LogP) is 3.59. The van der Waals surface area contributed by atoms with E-state index in [4.69, 9.17) is 9.47 Å². The first kappa shape index (κ1) is 27.3. The number of nitrogens with one attached hydrogen (secondary N) is 1. The van der Waals surface area contributed by atoms with Crippen LogP contribution in [0.15, 0.2) is 53.4 Å². The summed E-state index contributed by atoms with van der Waals surface area (Å²) in [6, 6.07) is 15.0. The van der Waals surface area contributed by atoms with Crippen LogP contribution in [0.1, 0.15) is 51.5 Å². The highest BCUT2D eigenvalue weighted by Crippen LogP contribution is 2.31. The summed E-state index contributed by atoms with van der Waals surface area (Å²) in [5.74, 6) is -1.70. The molecular formula is C27H31N5O5S. The molecular weight excluding hydrogens is 506 g/mol. The lowest BCUT2D eigenvalue weighted by molar-refractivity contribution is -0.120. The second-order valence-corrected chi connectivity index (χ2v) is 9.82. The molecule has 0 aliphatic carbocycles. The third-order valence-electron chi connectivity index (χ3n) is 6.64. The number of carbonyl (C=O) groups excluding carboxylic acids is 3. The molecule has 1 fully saturated rings. The van der Waals surface area contributed by atoms with E-state index in [1.165, 1.54) is 24.5 Å². The number of hydrogen-bond donors (Lipinski definition) is 1. The van der Waals surface area contributed by atoms with Crippen LogP contribution in [0, 0.1) is 0 Å². The van der Waals surface area contributed by atoms with Crippen molar-refractivity contribution >= 4 is 35.3 Å². The SMILES string of the molecule is CCc1ccc(CN2C[C@@H](n3nnc(C(=O)OC)c3C(=O)OC)C[C@H]2C(=O)Nc2cccc(SC)c2)cc1. The Morgan fingerprint density at radius 2 is 1.76 bits per heavy atom. The van der Waals surface area contributed by atoms with Gasteiger partial charge in [-0.25, -0.2) is 14.3 Å². The molecule has 1 amide bonds. The number of esters is 2. The number of nitrogens with zero attached hydrogens (tertiary/aromatic N) is 4. The molecule has 2 atom stereocenters. The molecule has 0 unspecified atom stereocenters. The van der Waals surface area contributed by atoms with Crippen molar-refractivity contribution in [3.05, 3.63) is 71.0 Å². The number of likely N-dealkylation sites (tertiary alicyclic amines) is 1. The number of aryl methyl sites for hydroxylation is 1. The summed E-state index contributed by atoms with van der Waals surface area (Å²) in [4.78, 5) is 41.5. The molecule has 0 saturated carbocycles. The van der Waals surface area contributed by atoms with Gasteiger partial charge in [0.15, 0.2) is 5.69 Å². The van der Waals surface area contributed by atoms with Gasteiger partial charge in [-0.2, -0.15) is 0 Å². The fourth-order valence-electron chi connectivity index (χ4n) is 4.62. The van der Waals surface area contributed by atoms with Crippen molar-refractivity contribution in [3.8, 4) is 0 Å². The van der Waals surface area contributed by atoms with Crippen LogP contribution in [-0.4, -0.2) is 70.8 Å². The van der Waals surface area contributed by atoms with Gasteiger partial charge in [0.25, 0.3) is 0 Å². The minimum atomic E-state index is -0.787. The van der Waals surface area contributed by atoms with Crippen molar-refractivity contribution in [1.29, 1.82) is 0 Å². The Labute approximate surface area is 225 Å². The summed E-state index contributed by atoms with van der Waals surface area (Å²) in [5, 5.41) is 11.0. The molecule has 1 saturated heterocycles. The minimum Gasteiger partial charge on any atom is -0.464 e. The molecule has 1 aromatic heterocycles. The number of aromatic nitrogens is 3. The molecule has 3 aromatic rings. The number of ether oxygens (including phenoxy) is 2. The summed E-state index contributed by atoms with van der Waals surface area (Å²) in [5.41, 5.74) is 2.69. The number of methoxy groups -OCH3 is 2. The Balaban J connectivity index is 1.65. The molecule has 200 valence electrons. The largest absolute Gasteiger partial charge is 0.464 e. The van der Waals surface area contributed by atoms with Crippen LogP contribution in [0.3, 0.4) is 0 Å². The van der Waals surface area contributed by atoms with Crippen molar-refractivity contribution in [2.75, 3.05) is 32.3 Å². The Morgan fingerprint density at radius 1 is 1.05 bits per heavy atom. The van der Waals surface area contributed by atoms with Crippen molar-refractivity contribution in [2.24, 2.45) is 0 Å². The zero-order valence-electron chi connectivity index (χ0n) is 21.8. The summed E-state index contributed by atoms with van der Waals surface area (Å²) in [6.45, 7) is 3.04. The van der Waals surface area contributed by atoms with Gasteiger partial charge in [0.1, 0.15) is 0 Å². The van der Waals surface area contributed by atoms with Crippen LogP contribution in [0.4, 0.5) is 5.69 Å². The Bertz CT molecular complexity index is 1310. The summed E-state index contributed by atoms with van der Waals surface area (Å²) < 4.78 is 11.1. The van der Waals surface area contributed by atoms with E-state index in [1.807, 2.05) is 30.5 Å². The monoisotopic (exact) mass is 537 g/mol. The predicted molar refractivity (Wildman–Crippen MR) is 143 cm³/mol. The first-order valence-electron chi connectivity index (χ1n) is 12.3. The third-order valence-corrected chi connectivity index (χ3v) is 7.36. The van der Waals surface area contributed by atoms with Gasteiger partial charge in [-0.1, -0.05) is 42.5 Å². The molecule has 4 rings (SSSR count). The maximum Gasteiger partial charge on any atom is 0.361 e. The van der Waals surface area contributed by atoms with E-state index in [1.54, 1.807) is 11.8 Å². The number of thioether (sulfide) groups is 1. The molecule has 1 aliphatic rings. The Hall–Kier alpha value is -3.70. The average molecular weight is 538 g/mol. The van der Waals surface area contributed by atoms with Crippen LogP contribution < -0.4 is 5.32 Å². The van der Waals surface area contributed by atoms with Crippen LogP contribution in [0.2, 0.25) is 0 Å². The van der Waals surface area contributed by atoms with Crippen molar-refractivity contribution in [2.45, 2.75) is 43.3 Å². The van der Waals surface area contributed by atoms with Gasteiger partial charge < -0.3 is 14.8 Å². The maximum absolute atomic E-state index is 13.6. The van der Waals surface area contributed by atoms with E-state index in [0.29, 0.717) is 25.2 Å². The zero-order chi connectivity index (χ0) is 27.2. The van der Waals surface area contributed by atoms with Crippen LogP contribution in [0.25, 0.3) is 0 Å².